The van der Waals surface area contributed by atoms with Crippen LogP contribution in [0.5, 0.6) is 0 Å². The first kappa shape index (κ1) is 13.2. The van der Waals surface area contributed by atoms with Crippen LogP contribution in [0.25, 0.3) is 17.1 Å². The predicted molar refractivity (Wildman–Crippen MR) is 83.6 cm³/mol. The van der Waals surface area contributed by atoms with Crippen molar-refractivity contribution in [2.45, 2.75) is 5.16 Å². The third-order valence-corrected chi connectivity index (χ3v) is 3.81. The number of thioether (sulfide) groups is 1. The third-order valence-electron chi connectivity index (χ3n) is 2.93. The van der Waals surface area contributed by atoms with Crippen molar-refractivity contribution in [3.8, 4) is 17.1 Å². The predicted octanol–water partition coefficient (Wildman–Crippen LogP) is 4.31. The zero-order valence-electron chi connectivity index (χ0n) is 10.8. The van der Waals surface area contributed by atoms with E-state index in [-0.39, 0.29) is 0 Å². The van der Waals surface area contributed by atoms with Gasteiger partial charge in [0.05, 0.1) is 0 Å². The van der Waals surface area contributed by atoms with E-state index in [1.165, 1.54) is 0 Å². The Kier molecular flexibility index (Phi) is 3.76. The number of hydrogen-bond donors (Lipinski definition) is 0. The van der Waals surface area contributed by atoms with E-state index in [1.807, 2.05) is 65.4 Å². The first-order chi connectivity index (χ1) is 9.79. The molecule has 0 radical (unpaired) electrons. The maximum absolute atomic E-state index is 5.94. The Bertz CT molecular complexity index is 708. The molecular weight excluding hydrogens is 290 g/mol. The lowest BCUT2D eigenvalue weighted by Crippen LogP contribution is -1.98. The highest BCUT2D eigenvalue weighted by Crippen LogP contribution is 2.27. The quantitative estimate of drug-likeness (QED) is 0.675. The molecular formula is C15H12ClN3S. The molecule has 0 fully saturated rings. The Morgan fingerprint density at radius 1 is 0.950 bits per heavy atom. The van der Waals surface area contributed by atoms with Crippen LogP contribution in [0.4, 0.5) is 0 Å². The fourth-order valence-corrected chi connectivity index (χ4v) is 2.62. The van der Waals surface area contributed by atoms with Gasteiger partial charge in [-0.3, -0.25) is 4.57 Å². The third kappa shape index (κ3) is 2.44. The number of aromatic nitrogens is 3. The molecule has 0 spiro atoms. The summed E-state index contributed by atoms with van der Waals surface area (Å²) in [6.45, 7) is 0. The largest absolute Gasteiger partial charge is 0.270 e. The monoisotopic (exact) mass is 301 g/mol. The smallest absolute Gasteiger partial charge is 0.195 e. The van der Waals surface area contributed by atoms with Crippen LogP contribution in [-0.2, 0) is 0 Å². The zero-order valence-corrected chi connectivity index (χ0v) is 12.4. The van der Waals surface area contributed by atoms with Crippen LogP contribution in [0.15, 0.2) is 59.8 Å². The van der Waals surface area contributed by atoms with Crippen molar-refractivity contribution < 1.29 is 0 Å². The van der Waals surface area contributed by atoms with Gasteiger partial charge in [-0.05, 0) is 42.7 Å². The molecule has 0 aliphatic rings. The van der Waals surface area contributed by atoms with Crippen LogP contribution in [0.2, 0.25) is 5.02 Å². The SMILES string of the molecule is CSc1nnc(-c2ccc(Cl)cc2)n1-c1ccccc1. The van der Waals surface area contributed by atoms with Crippen molar-refractivity contribution in [2.75, 3.05) is 6.26 Å². The van der Waals surface area contributed by atoms with E-state index in [0.717, 1.165) is 22.2 Å². The first-order valence-corrected chi connectivity index (χ1v) is 7.70. The Morgan fingerprint density at radius 3 is 2.30 bits per heavy atom. The lowest BCUT2D eigenvalue weighted by molar-refractivity contribution is 0.889. The summed E-state index contributed by atoms with van der Waals surface area (Å²) >= 11 is 7.51. The average molecular weight is 302 g/mol. The van der Waals surface area contributed by atoms with Crippen LogP contribution < -0.4 is 0 Å². The van der Waals surface area contributed by atoms with E-state index in [9.17, 15) is 0 Å². The minimum atomic E-state index is 0.713. The van der Waals surface area contributed by atoms with Gasteiger partial charge in [-0.25, -0.2) is 0 Å². The summed E-state index contributed by atoms with van der Waals surface area (Å²) in [4.78, 5) is 0. The highest BCUT2D eigenvalue weighted by atomic mass is 35.5. The Labute approximate surface area is 126 Å². The molecule has 0 aliphatic heterocycles. The zero-order chi connectivity index (χ0) is 13.9. The normalized spacial score (nSPS) is 10.7. The van der Waals surface area contributed by atoms with Gasteiger partial charge in [0.25, 0.3) is 0 Å². The van der Waals surface area contributed by atoms with Crippen molar-refractivity contribution in [2.24, 2.45) is 0 Å². The van der Waals surface area contributed by atoms with Crippen molar-refractivity contribution in [3.05, 3.63) is 59.6 Å². The molecule has 1 heterocycles. The van der Waals surface area contributed by atoms with Gasteiger partial charge in [0.15, 0.2) is 11.0 Å². The van der Waals surface area contributed by atoms with Crippen LogP contribution in [0, 0.1) is 0 Å². The summed E-state index contributed by atoms with van der Waals surface area (Å²) < 4.78 is 2.05. The molecule has 0 N–H and O–H groups in total. The molecule has 0 atom stereocenters. The second-order valence-electron chi connectivity index (χ2n) is 4.19. The molecule has 0 saturated carbocycles. The number of nitrogens with zero attached hydrogens (tertiary/aromatic N) is 3. The molecule has 2 aromatic carbocycles. The fraction of sp³-hybridized carbons (Fsp3) is 0.0667. The highest BCUT2D eigenvalue weighted by molar-refractivity contribution is 7.98. The maximum Gasteiger partial charge on any atom is 0.195 e. The van der Waals surface area contributed by atoms with Crippen LogP contribution in [-0.4, -0.2) is 21.0 Å². The summed E-state index contributed by atoms with van der Waals surface area (Å²) in [5.74, 6) is 0.817. The fourth-order valence-electron chi connectivity index (χ4n) is 2.00. The second kappa shape index (κ2) is 5.69. The number of rotatable bonds is 3. The summed E-state index contributed by atoms with van der Waals surface area (Å²) in [7, 11) is 0. The van der Waals surface area contributed by atoms with Gasteiger partial charge in [-0.2, -0.15) is 0 Å². The maximum atomic E-state index is 5.94. The molecule has 0 amide bonds. The number of benzene rings is 2. The van der Waals surface area contributed by atoms with Crippen molar-refractivity contribution in [1.29, 1.82) is 0 Å². The van der Waals surface area contributed by atoms with Gasteiger partial charge in [0.1, 0.15) is 0 Å². The molecule has 100 valence electrons. The van der Waals surface area contributed by atoms with Crippen LogP contribution in [0.3, 0.4) is 0 Å². The van der Waals surface area contributed by atoms with Gasteiger partial charge in [-0.15, -0.1) is 10.2 Å². The molecule has 3 aromatic rings. The summed E-state index contributed by atoms with van der Waals surface area (Å²) in [6, 6.07) is 17.7. The van der Waals surface area contributed by atoms with E-state index in [2.05, 4.69) is 10.2 Å². The van der Waals surface area contributed by atoms with Crippen LogP contribution in [0.1, 0.15) is 0 Å². The number of hydrogen-bond acceptors (Lipinski definition) is 3. The van der Waals surface area contributed by atoms with Gasteiger partial charge in [0.2, 0.25) is 0 Å². The molecule has 1 aromatic heterocycles. The molecule has 0 bridgehead atoms. The van der Waals surface area contributed by atoms with Crippen LogP contribution >= 0.6 is 23.4 Å². The Balaban J connectivity index is 2.17. The summed E-state index contributed by atoms with van der Waals surface area (Å²) in [5.41, 5.74) is 2.04. The average Bonchev–Trinajstić information content (AvgIpc) is 2.93. The van der Waals surface area contributed by atoms with Gasteiger partial charge in [-0.1, -0.05) is 41.6 Å². The minimum absolute atomic E-state index is 0.713. The van der Waals surface area contributed by atoms with Crippen molar-refractivity contribution in [3.63, 3.8) is 0 Å². The number of para-hydroxylation sites is 1. The molecule has 5 heteroatoms. The molecule has 0 unspecified atom stereocenters. The van der Waals surface area contributed by atoms with Gasteiger partial charge < -0.3 is 0 Å². The van der Waals surface area contributed by atoms with Gasteiger partial charge in [0, 0.05) is 16.3 Å². The molecule has 3 nitrogen and oxygen atoms in total. The standard InChI is InChI=1S/C15H12ClN3S/c1-20-15-18-17-14(11-7-9-12(16)10-8-11)19(15)13-5-3-2-4-6-13/h2-10H,1H3. The second-order valence-corrected chi connectivity index (χ2v) is 5.40. The Morgan fingerprint density at radius 2 is 1.65 bits per heavy atom. The highest BCUT2D eigenvalue weighted by Gasteiger charge is 2.14. The molecule has 3 rings (SSSR count). The lowest BCUT2D eigenvalue weighted by Gasteiger charge is -2.09. The topological polar surface area (TPSA) is 30.7 Å². The molecule has 0 saturated heterocycles. The van der Waals surface area contributed by atoms with E-state index in [4.69, 9.17) is 11.6 Å². The lowest BCUT2D eigenvalue weighted by atomic mass is 10.2. The first-order valence-electron chi connectivity index (χ1n) is 6.10. The van der Waals surface area contributed by atoms with E-state index >= 15 is 0 Å². The Hall–Kier alpha value is -1.78. The van der Waals surface area contributed by atoms with Crippen molar-refractivity contribution in [1.82, 2.24) is 14.8 Å². The van der Waals surface area contributed by atoms with E-state index in [0.29, 0.717) is 5.02 Å². The summed E-state index contributed by atoms with van der Waals surface area (Å²) in [6.07, 6.45) is 2.00. The van der Waals surface area contributed by atoms with E-state index < -0.39 is 0 Å². The van der Waals surface area contributed by atoms with Crippen molar-refractivity contribution >= 4 is 23.4 Å². The minimum Gasteiger partial charge on any atom is -0.270 e. The van der Waals surface area contributed by atoms with E-state index in [1.54, 1.807) is 11.8 Å². The number of halogens is 1. The molecule has 0 aliphatic carbocycles. The summed E-state index contributed by atoms with van der Waals surface area (Å²) in [5, 5.41) is 10.1. The molecule has 20 heavy (non-hydrogen) atoms. The van der Waals surface area contributed by atoms with Gasteiger partial charge >= 0.3 is 0 Å².